The van der Waals surface area contributed by atoms with Gasteiger partial charge in [0.25, 0.3) is 0 Å². The van der Waals surface area contributed by atoms with Crippen molar-refractivity contribution >= 4 is 11.4 Å². The molecule has 1 saturated heterocycles. The molecule has 0 aliphatic carbocycles. The second kappa shape index (κ2) is 5.06. The van der Waals surface area contributed by atoms with E-state index in [4.69, 9.17) is 4.74 Å². The normalized spacial score (nSPS) is 20.9. The van der Waals surface area contributed by atoms with Crippen LogP contribution < -0.4 is 10.2 Å². The predicted octanol–water partition coefficient (Wildman–Crippen LogP) is 2.50. The number of ether oxygens (including phenoxy) is 1. The van der Waals surface area contributed by atoms with E-state index >= 15 is 0 Å². The molecule has 1 aromatic rings. The van der Waals surface area contributed by atoms with Crippen LogP contribution in [0.1, 0.15) is 0 Å². The minimum atomic E-state index is -4.30. The van der Waals surface area contributed by atoms with Gasteiger partial charge in [0.05, 0.1) is 13.2 Å². The van der Waals surface area contributed by atoms with Crippen LogP contribution in [0.3, 0.4) is 0 Å². The molecular weight excluding hydrogens is 245 g/mol. The number of benzene rings is 1. The van der Waals surface area contributed by atoms with E-state index in [9.17, 15) is 13.2 Å². The van der Waals surface area contributed by atoms with Gasteiger partial charge in [0.2, 0.25) is 0 Å². The third kappa shape index (κ3) is 2.87. The van der Waals surface area contributed by atoms with Crippen LogP contribution in [0.4, 0.5) is 24.5 Å². The second-order valence-corrected chi connectivity index (χ2v) is 4.14. The zero-order valence-corrected chi connectivity index (χ0v) is 10.00. The number of rotatable bonds is 2. The molecule has 1 unspecified atom stereocenters. The largest absolute Gasteiger partial charge is 0.416 e. The van der Waals surface area contributed by atoms with Crippen LogP contribution in [0.15, 0.2) is 24.3 Å². The van der Waals surface area contributed by atoms with E-state index < -0.39 is 12.3 Å². The molecule has 1 N–H and O–H groups in total. The summed E-state index contributed by atoms with van der Waals surface area (Å²) in [5, 5.41) is 2.97. The molecular formula is C12H15F3N2O. The molecule has 1 heterocycles. The van der Waals surface area contributed by atoms with Crippen molar-refractivity contribution in [3.05, 3.63) is 24.3 Å². The Morgan fingerprint density at radius 1 is 1.28 bits per heavy atom. The van der Waals surface area contributed by atoms with Gasteiger partial charge in [0.1, 0.15) is 0 Å². The zero-order chi connectivity index (χ0) is 13.2. The molecule has 1 aliphatic heterocycles. The first-order chi connectivity index (χ1) is 8.50. The highest BCUT2D eigenvalue weighted by Crippen LogP contribution is 2.28. The monoisotopic (exact) mass is 260 g/mol. The van der Waals surface area contributed by atoms with Crippen molar-refractivity contribution in [2.75, 3.05) is 37.0 Å². The van der Waals surface area contributed by atoms with E-state index in [2.05, 4.69) is 5.32 Å². The fourth-order valence-electron chi connectivity index (χ4n) is 1.92. The first-order valence-corrected chi connectivity index (χ1v) is 5.72. The highest BCUT2D eigenvalue weighted by molar-refractivity contribution is 5.55. The Kier molecular flexibility index (Phi) is 3.65. The Morgan fingerprint density at radius 2 is 1.94 bits per heavy atom. The SMILES string of the molecule is CNc1ccc(N2CCOC(C(F)(F)F)C2)cc1. The molecule has 0 aromatic heterocycles. The minimum absolute atomic E-state index is 0.0952. The Bertz CT molecular complexity index is 391. The van der Waals surface area contributed by atoms with Gasteiger partial charge in [-0.2, -0.15) is 13.2 Å². The highest BCUT2D eigenvalue weighted by atomic mass is 19.4. The summed E-state index contributed by atoms with van der Waals surface area (Å²) in [4.78, 5) is 1.70. The molecule has 1 atom stereocenters. The maximum atomic E-state index is 12.6. The molecule has 0 radical (unpaired) electrons. The van der Waals surface area contributed by atoms with Crippen molar-refractivity contribution in [3.63, 3.8) is 0 Å². The maximum Gasteiger partial charge on any atom is 0.416 e. The fraction of sp³-hybridized carbons (Fsp3) is 0.500. The number of anilines is 2. The molecule has 0 amide bonds. The Labute approximate surface area is 104 Å². The maximum absolute atomic E-state index is 12.6. The van der Waals surface area contributed by atoms with Crippen molar-refractivity contribution in [1.29, 1.82) is 0 Å². The van der Waals surface area contributed by atoms with E-state index in [0.29, 0.717) is 6.54 Å². The van der Waals surface area contributed by atoms with Crippen LogP contribution >= 0.6 is 0 Å². The molecule has 2 rings (SSSR count). The number of morpholine rings is 1. The van der Waals surface area contributed by atoms with Crippen LogP contribution in [-0.4, -0.2) is 39.0 Å². The Balaban J connectivity index is 2.08. The van der Waals surface area contributed by atoms with Gasteiger partial charge in [0, 0.05) is 25.0 Å². The lowest BCUT2D eigenvalue weighted by atomic mass is 10.2. The van der Waals surface area contributed by atoms with Gasteiger partial charge in [-0.15, -0.1) is 0 Å². The van der Waals surface area contributed by atoms with Gasteiger partial charge in [-0.3, -0.25) is 0 Å². The summed E-state index contributed by atoms with van der Waals surface area (Å²) in [7, 11) is 1.80. The van der Waals surface area contributed by atoms with Crippen LogP contribution in [0.2, 0.25) is 0 Å². The number of hydrogen-bond acceptors (Lipinski definition) is 3. The van der Waals surface area contributed by atoms with Crippen LogP contribution in [0.5, 0.6) is 0 Å². The van der Waals surface area contributed by atoms with Gasteiger partial charge in [-0.25, -0.2) is 0 Å². The smallest absolute Gasteiger partial charge is 0.388 e. The summed E-state index contributed by atoms with van der Waals surface area (Å²) in [5.74, 6) is 0. The van der Waals surface area contributed by atoms with Gasteiger partial charge in [-0.1, -0.05) is 0 Å². The summed E-state index contributed by atoms with van der Waals surface area (Å²) in [5.41, 5.74) is 1.71. The Hall–Kier alpha value is -1.43. The van der Waals surface area contributed by atoms with Crippen LogP contribution in [0, 0.1) is 0 Å². The molecule has 3 nitrogen and oxygen atoms in total. The molecule has 18 heavy (non-hydrogen) atoms. The quantitative estimate of drug-likeness (QED) is 0.884. The Morgan fingerprint density at radius 3 is 2.50 bits per heavy atom. The summed E-state index contributed by atoms with van der Waals surface area (Å²) < 4.78 is 42.5. The number of nitrogens with one attached hydrogen (secondary N) is 1. The minimum Gasteiger partial charge on any atom is -0.388 e. The average Bonchev–Trinajstić information content (AvgIpc) is 2.38. The van der Waals surface area contributed by atoms with E-state index in [1.165, 1.54) is 0 Å². The van der Waals surface area contributed by atoms with Crippen molar-refractivity contribution in [2.45, 2.75) is 12.3 Å². The van der Waals surface area contributed by atoms with Gasteiger partial charge in [-0.05, 0) is 24.3 Å². The molecule has 1 aliphatic rings. The summed E-state index contributed by atoms with van der Waals surface area (Å²) in [6.45, 7) is 0.422. The summed E-state index contributed by atoms with van der Waals surface area (Å²) in [6.07, 6.45) is -6.00. The standard InChI is InChI=1S/C12H15F3N2O/c1-16-9-2-4-10(5-3-9)17-6-7-18-11(8-17)12(13,14)15/h2-5,11,16H,6-8H2,1H3. The summed E-state index contributed by atoms with van der Waals surface area (Å²) in [6, 6.07) is 7.30. The molecule has 0 spiro atoms. The lowest BCUT2D eigenvalue weighted by Crippen LogP contribution is -2.49. The summed E-state index contributed by atoms with van der Waals surface area (Å²) >= 11 is 0. The predicted molar refractivity (Wildman–Crippen MR) is 64.0 cm³/mol. The van der Waals surface area contributed by atoms with Gasteiger partial charge in [0.15, 0.2) is 6.10 Å². The van der Waals surface area contributed by atoms with E-state index in [1.807, 2.05) is 24.3 Å². The van der Waals surface area contributed by atoms with Gasteiger partial charge < -0.3 is 15.0 Å². The lowest BCUT2D eigenvalue weighted by molar-refractivity contribution is -0.221. The van der Waals surface area contributed by atoms with Crippen molar-refractivity contribution < 1.29 is 17.9 Å². The van der Waals surface area contributed by atoms with Crippen molar-refractivity contribution in [2.24, 2.45) is 0 Å². The first kappa shape index (κ1) is 13.0. The highest BCUT2D eigenvalue weighted by Gasteiger charge is 2.43. The molecule has 100 valence electrons. The zero-order valence-electron chi connectivity index (χ0n) is 10.00. The van der Waals surface area contributed by atoms with Crippen molar-refractivity contribution in [1.82, 2.24) is 0 Å². The number of halogens is 3. The first-order valence-electron chi connectivity index (χ1n) is 5.72. The van der Waals surface area contributed by atoms with Crippen molar-refractivity contribution in [3.8, 4) is 0 Å². The topological polar surface area (TPSA) is 24.5 Å². The molecule has 0 saturated carbocycles. The second-order valence-electron chi connectivity index (χ2n) is 4.14. The van der Waals surface area contributed by atoms with Gasteiger partial charge >= 0.3 is 6.18 Å². The number of hydrogen-bond donors (Lipinski definition) is 1. The fourth-order valence-corrected chi connectivity index (χ4v) is 1.92. The third-order valence-electron chi connectivity index (χ3n) is 2.95. The van der Waals surface area contributed by atoms with Crippen LogP contribution in [0.25, 0.3) is 0 Å². The third-order valence-corrected chi connectivity index (χ3v) is 2.95. The van der Waals surface area contributed by atoms with E-state index in [0.717, 1.165) is 11.4 Å². The van der Waals surface area contributed by atoms with E-state index in [-0.39, 0.29) is 13.2 Å². The number of nitrogens with zero attached hydrogens (tertiary/aromatic N) is 1. The van der Waals surface area contributed by atoms with E-state index in [1.54, 1.807) is 11.9 Å². The molecule has 6 heteroatoms. The number of alkyl halides is 3. The lowest BCUT2D eigenvalue weighted by Gasteiger charge is -2.35. The average molecular weight is 260 g/mol. The molecule has 0 bridgehead atoms. The van der Waals surface area contributed by atoms with Crippen LogP contribution in [-0.2, 0) is 4.74 Å². The molecule has 1 aromatic carbocycles. The molecule has 1 fully saturated rings.